The second kappa shape index (κ2) is 6.53. The number of hydrogen-bond donors (Lipinski definition) is 0. The van der Waals surface area contributed by atoms with Gasteiger partial charge >= 0.3 is 0 Å². The molecule has 1 aromatic heterocycles. The fourth-order valence-corrected chi connectivity index (χ4v) is 3.15. The molecule has 0 bridgehead atoms. The van der Waals surface area contributed by atoms with E-state index in [1.54, 1.807) is 18.3 Å². The Hall–Kier alpha value is -1.81. The lowest BCUT2D eigenvalue weighted by Gasteiger charge is -2.16. The van der Waals surface area contributed by atoms with Gasteiger partial charge in [0.15, 0.2) is 0 Å². The van der Waals surface area contributed by atoms with Gasteiger partial charge in [-0.1, -0.05) is 0 Å². The highest BCUT2D eigenvalue weighted by atomic mass is 16.5. The summed E-state index contributed by atoms with van der Waals surface area (Å²) in [7, 11) is 3.52. The van der Waals surface area contributed by atoms with Crippen LogP contribution >= 0.6 is 0 Å². The smallest absolute Gasteiger partial charge is 0.226 e. The Balaban J connectivity index is 1.72. The van der Waals surface area contributed by atoms with E-state index in [0.29, 0.717) is 13.0 Å². The summed E-state index contributed by atoms with van der Waals surface area (Å²) in [5.41, 5.74) is 4.71. The Labute approximate surface area is 131 Å². The summed E-state index contributed by atoms with van der Waals surface area (Å²) >= 11 is 0. The Bertz CT molecular complexity index is 674. The molecule has 2 aromatic rings. The van der Waals surface area contributed by atoms with E-state index >= 15 is 0 Å². The minimum atomic E-state index is 0.124. The molecule has 0 unspecified atom stereocenters. The first kappa shape index (κ1) is 15.1. The molecule has 0 atom stereocenters. The predicted octanol–water partition coefficient (Wildman–Crippen LogP) is 2.96. The normalized spacial score (nSPS) is 13.5. The number of nitrogens with zero attached hydrogens (tertiary/aromatic N) is 1. The van der Waals surface area contributed by atoms with Crippen molar-refractivity contribution in [3.8, 4) is 0 Å². The number of likely N-dealkylation sites (N-methyl/N-ethyl adjacent to an activating group) is 1. The van der Waals surface area contributed by atoms with Crippen LogP contribution in [0.15, 0.2) is 22.8 Å². The molecule has 1 aliphatic rings. The minimum Gasteiger partial charge on any atom is -0.464 e. The molecule has 0 N–H and O–H groups in total. The number of methoxy groups -OCH3 is 1. The van der Waals surface area contributed by atoms with Crippen LogP contribution in [0.1, 0.15) is 29.5 Å². The molecule has 4 heteroatoms. The van der Waals surface area contributed by atoms with Gasteiger partial charge in [0.1, 0.15) is 5.58 Å². The number of aryl methyl sites for hydroxylation is 2. The van der Waals surface area contributed by atoms with Gasteiger partial charge in [-0.2, -0.15) is 0 Å². The average molecular weight is 301 g/mol. The topological polar surface area (TPSA) is 42.7 Å². The van der Waals surface area contributed by atoms with Crippen molar-refractivity contribution in [2.75, 3.05) is 27.3 Å². The van der Waals surface area contributed by atoms with E-state index in [9.17, 15) is 4.79 Å². The summed E-state index contributed by atoms with van der Waals surface area (Å²) in [6.07, 6.45) is 6.50. The summed E-state index contributed by atoms with van der Waals surface area (Å²) < 4.78 is 10.7. The highest BCUT2D eigenvalue weighted by molar-refractivity contribution is 5.88. The van der Waals surface area contributed by atoms with Crippen LogP contribution in [-0.4, -0.2) is 38.1 Å². The molecule has 0 saturated heterocycles. The van der Waals surface area contributed by atoms with Gasteiger partial charge < -0.3 is 14.1 Å². The van der Waals surface area contributed by atoms with Crippen LogP contribution in [0.4, 0.5) is 0 Å². The zero-order chi connectivity index (χ0) is 15.5. The maximum atomic E-state index is 12.3. The van der Waals surface area contributed by atoms with Crippen molar-refractivity contribution in [1.82, 2.24) is 4.90 Å². The monoisotopic (exact) mass is 301 g/mol. The zero-order valence-corrected chi connectivity index (χ0v) is 13.4. The van der Waals surface area contributed by atoms with E-state index in [1.165, 1.54) is 17.5 Å². The van der Waals surface area contributed by atoms with E-state index in [2.05, 4.69) is 12.1 Å². The van der Waals surface area contributed by atoms with Crippen molar-refractivity contribution in [1.29, 1.82) is 0 Å². The molecule has 4 nitrogen and oxygen atoms in total. The van der Waals surface area contributed by atoms with Gasteiger partial charge in [-0.25, -0.2) is 0 Å². The first-order chi connectivity index (χ1) is 10.7. The fraction of sp³-hybridized carbons (Fsp3) is 0.500. The molecule has 22 heavy (non-hydrogen) atoms. The van der Waals surface area contributed by atoms with E-state index < -0.39 is 0 Å². The number of carbonyl (C=O) groups is 1. The summed E-state index contributed by atoms with van der Waals surface area (Å²) in [6.45, 7) is 1.40. The molecule has 1 aliphatic carbocycles. The molecule has 118 valence electrons. The molecule has 3 rings (SSSR count). The summed E-state index contributed by atoms with van der Waals surface area (Å²) in [6, 6.07) is 4.36. The molecule has 0 fully saturated rings. The van der Waals surface area contributed by atoms with Crippen LogP contribution in [0.5, 0.6) is 0 Å². The number of amides is 1. The Morgan fingerprint density at radius 3 is 2.86 bits per heavy atom. The second-order valence-electron chi connectivity index (χ2n) is 6.07. The second-order valence-corrected chi connectivity index (χ2v) is 6.07. The average Bonchev–Trinajstić information content (AvgIpc) is 3.12. The van der Waals surface area contributed by atoms with Crippen LogP contribution in [0, 0.1) is 0 Å². The van der Waals surface area contributed by atoms with Crippen molar-refractivity contribution < 1.29 is 13.9 Å². The van der Waals surface area contributed by atoms with Crippen molar-refractivity contribution in [3.05, 3.63) is 35.1 Å². The van der Waals surface area contributed by atoms with Crippen LogP contribution < -0.4 is 0 Å². The Kier molecular flexibility index (Phi) is 4.48. The summed E-state index contributed by atoms with van der Waals surface area (Å²) in [4.78, 5) is 14.1. The molecule has 0 radical (unpaired) electrons. The lowest BCUT2D eigenvalue weighted by Crippen LogP contribution is -2.29. The molecule has 1 heterocycles. The molecule has 0 saturated carbocycles. The maximum Gasteiger partial charge on any atom is 0.226 e. The Morgan fingerprint density at radius 1 is 1.32 bits per heavy atom. The fourth-order valence-electron chi connectivity index (χ4n) is 3.15. The number of furan rings is 1. The van der Waals surface area contributed by atoms with E-state index in [0.717, 1.165) is 42.3 Å². The number of carbonyl (C=O) groups excluding carboxylic acids is 1. The van der Waals surface area contributed by atoms with Gasteiger partial charge in [-0.05, 0) is 48.9 Å². The van der Waals surface area contributed by atoms with E-state index in [-0.39, 0.29) is 5.91 Å². The van der Waals surface area contributed by atoms with Crippen molar-refractivity contribution in [2.45, 2.75) is 32.1 Å². The first-order valence-electron chi connectivity index (χ1n) is 7.94. The third-order valence-corrected chi connectivity index (χ3v) is 4.48. The van der Waals surface area contributed by atoms with Crippen LogP contribution in [-0.2, 0) is 28.8 Å². The largest absolute Gasteiger partial charge is 0.464 e. The van der Waals surface area contributed by atoms with E-state index in [1.807, 2.05) is 7.05 Å². The molecule has 1 aromatic carbocycles. The minimum absolute atomic E-state index is 0.124. The Morgan fingerprint density at radius 2 is 2.09 bits per heavy atom. The molecule has 0 spiro atoms. The van der Waals surface area contributed by atoms with Crippen LogP contribution in [0.25, 0.3) is 11.0 Å². The van der Waals surface area contributed by atoms with Crippen molar-refractivity contribution >= 4 is 16.9 Å². The zero-order valence-electron chi connectivity index (χ0n) is 13.4. The molecule has 0 aliphatic heterocycles. The number of fused-ring (bicyclic) bond motifs is 2. The van der Waals surface area contributed by atoms with Gasteiger partial charge in [0.05, 0.1) is 12.7 Å². The maximum absolute atomic E-state index is 12.3. The third kappa shape index (κ3) is 3.02. The van der Waals surface area contributed by atoms with Gasteiger partial charge in [-0.3, -0.25) is 4.79 Å². The summed E-state index contributed by atoms with van der Waals surface area (Å²) in [5, 5.41) is 1.10. The lowest BCUT2D eigenvalue weighted by atomic mass is 10.0. The molecular weight excluding hydrogens is 278 g/mol. The number of hydrogen-bond acceptors (Lipinski definition) is 3. The quantitative estimate of drug-likeness (QED) is 0.770. The SMILES string of the molecule is COCCCN(C)C(=O)Cc1coc2cc3c(cc12)CCC3. The third-order valence-electron chi connectivity index (χ3n) is 4.48. The molecule has 1 amide bonds. The highest BCUT2D eigenvalue weighted by Gasteiger charge is 2.17. The highest BCUT2D eigenvalue weighted by Crippen LogP contribution is 2.30. The first-order valence-corrected chi connectivity index (χ1v) is 7.94. The van der Waals surface area contributed by atoms with Crippen LogP contribution in [0.2, 0.25) is 0 Å². The standard InChI is InChI=1S/C18H23NO3/c1-19(7-4-8-21-2)18(20)11-15-12-22-17-10-14-6-3-5-13(14)9-16(15)17/h9-10,12H,3-8,11H2,1-2H3. The summed E-state index contributed by atoms with van der Waals surface area (Å²) in [5.74, 6) is 0.124. The van der Waals surface area contributed by atoms with Gasteiger partial charge in [0.25, 0.3) is 0 Å². The number of benzene rings is 1. The van der Waals surface area contributed by atoms with Gasteiger partial charge in [0.2, 0.25) is 5.91 Å². The van der Waals surface area contributed by atoms with Crippen molar-refractivity contribution in [2.24, 2.45) is 0 Å². The number of rotatable bonds is 6. The predicted molar refractivity (Wildman–Crippen MR) is 86.1 cm³/mol. The molecular formula is C18H23NO3. The van der Waals surface area contributed by atoms with E-state index in [4.69, 9.17) is 9.15 Å². The van der Waals surface area contributed by atoms with Crippen LogP contribution in [0.3, 0.4) is 0 Å². The van der Waals surface area contributed by atoms with Crippen molar-refractivity contribution in [3.63, 3.8) is 0 Å². The van der Waals surface area contributed by atoms with Gasteiger partial charge in [-0.15, -0.1) is 0 Å². The number of ether oxygens (including phenoxy) is 1. The van der Waals surface area contributed by atoms with Gasteiger partial charge in [0, 0.05) is 38.3 Å². The lowest BCUT2D eigenvalue weighted by molar-refractivity contribution is -0.129.